The molecule has 1 rings (SSSR count). The van der Waals surface area contributed by atoms with Gasteiger partial charge in [0.1, 0.15) is 11.4 Å². The highest BCUT2D eigenvalue weighted by atomic mass is 33.5. The van der Waals surface area contributed by atoms with Gasteiger partial charge < -0.3 is 0 Å². The molecular weight excluding hydrogens is 231 g/mol. The Morgan fingerprint density at radius 1 is 1.27 bits per heavy atom. The topological polar surface area (TPSA) is 0 Å². The zero-order chi connectivity index (χ0) is 8.10. The Morgan fingerprint density at radius 2 is 1.91 bits per heavy atom. The number of benzene rings is 1. The highest BCUT2D eigenvalue weighted by Gasteiger charge is 2.12. The first-order valence-corrected chi connectivity index (χ1v) is 9.10. The minimum atomic E-state index is -0.474. The fourth-order valence-corrected chi connectivity index (χ4v) is 4.80. The molecule has 1 unspecified atom stereocenters. The van der Waals surface area contributed by atoms with Gasteiger partial charge in [0, 0.05) is 0 Å². The monoisotopic (exact) mass is 237 g/mol. The largest absolute Gasteiger partial charge is 0.333 e. The van der Waals surface area contributed by atoms with E-state index in [9.17, 15) is 0 Å². The van der Waals surface area contributed by atoms with E-state index in [4.69, 9.17) is 11.8 Å². The summed E-state index contributed by atoms with van der Waals surface area (Å²) in [5, 5.41) is -0.474. The number of rotatable bonds is 3. The van der Waals surface area contributed by atoms with Gasteiger partial charge in [-0.1, -0.05) is 29.9 Å². The summed E-state index contributed by atoms with van der Waals surface area (Å²) in [5.41, 5.74) is 0. The van der Waals surface area contributed by atoms with Gasteiger partial charge in [0.2, 0.25) is 0 Å². The lowest BCUT2D eigenvalue weighted by Gasteiger charge is -1.87. The van der Waals surface area contributed by atoms with Crippen molar-refractivity contribution in [3.05, 3.63) is 30.3 Å². The van der Waals surface area contributed by atoms with Crippen LogP contribution in [-0.4, -0.2) is 0 Å². The molecule has 58 valence electrons. The van der Waals surface area contributed by atoms with Gasteiger partial charge in [0.05, 0.1) is 4.90 Å². The second kappa shape index (κ2) is 5.44. The van der Waals surface area contributed by atoms with Gasteiger partial charge >= 0.3 is 5.10 Å². The molecule has 1 atom stereocenters. The SMILES string of the molecule is S=[P+](SS)Sc1ccccc1. The zero-order valence-electron chi connectivity index (χ0n) is 5.51. The van der Waals surface area contributed by atoms with E-state index in [1.165, 1.54) is 15.3 Å². The molecule has 0 fully saturated rings. The van der Waals surface area contributed by atoms with Gasteiger partial charge in [-0.15, -0.1) is 0 Å². The fourth-order valence-electron chi connectivity index (χ4n) is 0.584. The smallest absolute Gasteiger partial charge is 0.0622 e. The predicted octanol–water partition coefficient (Wildman–Crippen LogP) is 4.13. The molecular formula is C6H6PS4+. The van der Waals surface area contributed by atoms with E-state index in [2.05, 4.69) is 23.8 Å². The Kier molecular flexibility index (Phi) is 4.88. The van der Waals surface area contributed by atoms with Crippen LogP contribution in [0, 0.1) is 0 Å². The number of hydrogen-bond donors (Lipinski definition) is 1. The molecule has 0 saturated heterocycles. The Hall–Kier alpha value is 0.790. The fraction of sp³-hybridized carbons (Fsp3) is 0. The summed E-state index contributed by atoms with van der Waals surface area (Å²) in [7, 11) is 1.46. The third-order valence-corrected chi connectivity index (χ3v) is 9.38. The molecule has 11 heavy (non-hydrogen) atoms. The first kappa shape index (κ1) is 9.87. The summed E-state index contributed by atoms with van der Waals surface area (Å²) in [6.45, 7) is 0. The minimum Gasteiger partial charge on any atom is -0.0622 e. The maximum Gasteiger partial charge on any atom is 0.333 e. The predicted molar refractivity (Wildman–Crippen MR) is 63.2 cm³/mol. The molecule has 1 aromatic rings. The molecule has 5 heteroatoms. The van der Waals surface area contributed by atoms with Crippen molar-refractivity contribution < 1.29 is 0 Å². The van der Waals surface area contributed by atoms with Crippen molar-refractivity contribution in [2.75, 3.05) is 0 Å². The Morgan fingerprint density at radius 3 is 2.45 bits per heavy atom. The Balaban J connectivity index is 2.58. The molecule has 0 radical (unpaired) electrons. The van der Waals surface area contributed by atoms with Crippen molar-refractivity contribution >= 4 is 50.4 Å². The lowest BCUT2D eigenvalue weighted by atomic mass is 10.4. The van der Waals surface area contributed by atoms with Crippen LogP contribution in [0.1, 0.15) is 0 Å². The number of thiol groups is 1. The highest BCUT2D eigenvalue weighted by Crippen LogP contribution is 2.55. The normalized spacial score (nSPS) is 11.2. The standard InChI is InChI=1S/C6H5PS4/c8-7(11-9)10-6-4-2-1-3-5-6/h1-5H/p+1. The summed E-state index contributed by atoms with van der Waals surface area (Å²) in [4.78, 5) is 1.23. The third-order valence-electron chi connectivity index (χ3n) is 0.990. The van der Waals surface area contributed by atoms with Gasteiger partial charge in [0.15, 0.2) is 22.2 Å². The van der Waals surface area contributed by atoms with Crippen molar-refractivity contribution in [3.8, 4) is 0 Å². The number of hydrogen-bond acceptors (Lipinski definition) is 4. The van der Waals surface area contributed by atoms with Crippen LogP contribution in [0.4, 0.5) is 0 Å². The first-order chi connectivity index (χ1) is 5.33. The molecule has 0 heterocycles. The Labute approximate surface area is 85.3 Å². The van der Waals surface area contributed by atoms with E-state index in [1.54, 1.807) is 11.4 Å². The van der Waals surface area contributed by atoms with Crippen LogP contribution >= 0.6 is 38.6 Å². The third kappa shape index (κ3) is 3.81. The minimum absolute atomic E-state index is 0.474. The summed E-state index contributed by atoms with van der Waals surface area (Å²) < 4.78 is 0. The van der Waals surface area contributed by atoms with E-state index < -0.39 is 5.10 Å². The van der Waals surface area contributed by atoms with E-state index in [-0.39, 0.29) is 0 Å². The summed E-state index contributed by atoms with van der Waals surface area (Å²) in [6, 6.07) is 10.2. The molecule has 0 amide bonds. The van der Waals surface area contributed by atoms with Gasteiger partial charge in [-0.25, -0.2) is 0 Å². The zero-order valence-corrected chi connectivity index (χ0v) is 9.74. The second-order valence-electron chi connectivity index (χ2n) is 1.71. The van der Waals surface area contributed by atoms with Gasteiger partial charge in [-0.3, -0.25) is 0 Å². The maximum atomic E-state index is 5.13. The summed E-state index contributed by atoms with van der Waals surface area (Å²) >= 11 is 10.9. The van der Waals surface area contributed by atoms with E-state index in [1.807, 2.05) is 18.2 Å². The van der Waals surface area contributed by atoms with E-state index in [0.29, 0.717) is 0 Å². The van der Waals surface area contributed by atoms with E-state index >= 15 is 0 Å². The van der Waals surface area contributed by atoms with Gasteiger partial charge in [0.25, 0.3) is 0 Å². The molecule has 0 bridgehead atoms. The average molecular weight is 237 g/mol. The molecule has 0 aromatic heterocycles. The summed E-state index contributed by atoms with van der Waals surface area (Å²) in [5.74, 6) is 0. The van der Waals surface area contributed by atoms with Crippen LogP contribution in [-0.2, 0) is 11.8 Å². The first-order valence-electron chi connectivity index (χ1n) is 2.85. The molecule has 0 saturated carbocycles. The van der Waals surface area contributed by atoms with Crippen LogP contribution in [0.2, 0.25) is 0 Å². The second-order valence-corrected chi connectivity index (χ2v) is 10.8. The van der Waals surface area contributed by atoms with Crippen molar-refractivity contribution in [1.29, 1.82) is 0 Å². The molecule has 0 spiro atoms. The van der Waals surface area contributed by atoms with E-state index in [0.717, 1.165) is 0 Å². The van der Waals surface area contributed by atoms with Crippen LogP contribution in [0.15, 0.2) is 35.2 Å². The molecule has 0 aliphatic heterocycles. The maximum absolute atomic E-state index is 5.13. The lowest BCUT2D eigenvalue weighted by molar-refractivity contribution is 1.48. The van der Waals surface area contributed by atoms with Crippen molar-refractivity contribution in [3.63, 3.8) is 0 Å². The molecule has 0 aliphatic rings. The molecule has 0 nitrogen and oxygen atoms in total. The van der Waals surface area contributed by atoms with Gasteiger partial charge in [-0.05, 0) is 12.1 Å². The van der Waals surface area contributed by atoms with Crippen LogP contribution in [0.25, 0.3) is 0 Å². The van der Waals surface area contributed by atoms with Crippen molar-refractivity contribution in [2.24, 2.45) is 0 Å². The Bertz CT molecular complexity index is 236. The van der Waals surface area contributed by atoms with Crippen LogP contribution in [0.5, 0.6) is 0 Å². The molecule has 1 aromatic carbocycles. The van der Waals surface area contributed by atoms with Gasteiger partial charge in [-0.2, -0.15) is 0 Å². The average Bonchev–Trinajstić information content (AvgIpc) is 2.06. The van der Waals surface area contributed by atoms with Crippen molar-refractivity contribution in [1.82, 2.24) is 0 Å². The van der Waals surface area contributed by atoms with Crippen LogP contribution < -0.4 is 0 Å². The molecule has 0 aliphatic carbocycles. The van der Waals surface area contributed by atoms with Crippen molar-refractivity contribution in [2.45, 2.75) is 4.90 Å². The quantitative estimate of drug-likeness (QED) is 0.477. The lowest BCUT2D eigenvalue weighted by Crippen LogP contribution is -1.61. The molecule has 0 N–H and O–H groups in total. The highest BCUT2D eigenvalue weighted by molar-refractivity contribution is 9.11. The van der Waals surface area contributed by atoms with Crippen LogP contribution in [0.3, 0.4) is 0 Å². The summed E-state index contributed by atoms with van der Waals surface area (Å²) in [6.07, 6.45) is 0.